The van der Waals surface area contributed by atoms with Crippen LogP contribution in [0.5, 0.6) is 11.5 Å². The third-order valence-corrected chi connectivity index (χ3v) is 3.17. The van der Waals surface area contributed by atoms with E-state index < -0.39 is 5.82 Å². The highest BCUT2D eigenvalue weighted by molar-refractivity contribution is 14.1. The molecule has 94 valence electrons. The SMILES string of the molecule is C[C@H](N)c1cccc(F)c1Oc1cccc(I)c1. The van der Waals surface area contributed by atoms with Crippen LogP contribution in [0, 0.1) is 9.39 Å². The minimum absolute atomic E-state index is 0.203. The molecule has 0 saturated carbocycles. The molecule has 2 aromatic carbocycles. The number of ether oxygens (including phenoxy) is 1. The van der Waals surface area contributed by atoms with E-state index in [1.807, 2.05) is 18.2 Å². The summed E-state index contributed by atoms with van der Waals surface area (Å²) in [6, 6.07) is 11.9. The van der Waals surface area contributed by atoms with E-state index in [9.17, 15) is 4.39 Å². The van der Waals surface area contributed by atoms with Gasteiger partial charge < -0.3 is 10.5 Å². The number of benzene rings is 2. The highest BCUT2D eigenvalue weighted by Crippen LogP contribution is 2.31. The Morgan fingerprint density at radius 2 is 1.94 bits per heavy atom. The lowest BCUT2D eigenvalue weighted by Crippen LogP contribution is -2.07. The molecule has 0 radical (unpaired) electrons. The van der Waals surface area contributed by atoms with Gasteiger partial charge in [-0.1, -0.05) is 18.2 Å². The van der Waals surface area contributed by atoms with Gasteiger partial charge in [-0.25, -0.2) is 4.39 Å². The Bertz CT molecular complexity index is 557. The topological polar surface area (TPSA) is 35.2 Å². The van der Waals surface area contributed by atoms with Crippen molar-refractivity contribution in [2.75, 3.05) is 0 Å². The molecular weight excluding hydrogens is 344 g/mol. The first-order valence-corrected chi connectivity index (χ1v) is 6.63. The van der Waals surface area contributed by atoms with Crippen LogP contribution in [0.1, 0.15) is 18.5 Å². The fourth-order valence-corrected chi connectivity index (χ4v) is 2.15. The highest BCUT2D eigenvalue weighted by Gasteiger charge is 2.13. The molecule has 0 aliphatic rings. The van der Waals surface area contributed by atoms with Crippen LogP contribution in [0.3, 0.4) is 0 Å². The Morgan fingerprint density at radius 1 is 1.22 bits per heavy atom. The van der Waals surface area contributed by atoms with Crippen LogP contribution in [0.4, 0.5) is 4.39 Å². The lowest BCUT2D eigenvalue weighted by Gasteiger charge is -2.14. The summed E-state index contributed by atoms with van der Waals surface area (Å²) >= 11 is 2.18. The number of halogens is 2. The summed E-state index contributed by atoms with van der Waals surface area (Å²) in [6.45, 7) is 1.80. The molecule has 1 atom stereocenters. The molecule has 2 rings (SSSR count). The predicted molar refractivity (Wildman–Crippen MR) is 78.2 cm³/mol. The first-order valence-electron chi connectivity index (χ1n) is 5.55. The third-order valence-electron chi connectivity index (χ3n) is 2.50. The van der Waals surface area contributed by atoms with Gasteiger partial charge in [0.2, 0.25) is 0 Å². The van der Waals surface area contributed by atoms with E-state index in [2.05, 4.69) is 22.6 Å². The van der Waals surface area contributed by atoms with Gasteiger partial charge in [0, 0.05) is 15.2 Å². The van der Waals surface area contributed by atoms with Crippen LogP contribution in [0.15, 0.2) is 42.5 Å². The fraction of sp³-hybridized carbons (Fsp3) is 0.143. The summed E-state index contributed by atoms with van der Waals surface area (Å²) in [5.41, 5.74) is 6.48. The molecular formula is C14H13FINO. The van der Waals surface area contributed by atoms with Crippen molar-refractivity contribution >= 4 is 22.6 Å². The van der Waals surface area contributed by atoms with E-state index in [0.29, 0.717) is 11.3 Å². The van der Waals surface area contributed by atoms with Gasteiger partial charge in [0.05, 0.1) is 0 Å². The lowest BCUT2D eigenvalue weighted by molar-refractivity contribution is 0.432. The Morgan fingerprint density at radius 3 is 2.61 bits per heavy atom. The van der Waals surface area contributed by atoms with Crippen LogP contribution in [-0.4, -0.2) is 0 Å². The molecule has 0 aliphatic heterocycles. The summed E-state index contributed by atoms with van der Waals surface area (Å²) in [7, 11) is 0. The second-order valence-corrected chi connectivity index (χ2v) is 5.25. The number of nitrogens with two attached hydrogens (primary N) is 1. The zero-order valence-electron chi connectivity index (χ0n) is 9.86. The van der Waals surface area contributed by atoms with Gasteiger partial charge in [-0.2, -0.15) is 0 Å². The molecule has 2 N–H and O–H groups in total. The van der Waals surface area contributed by atoms with Gasteiger partial charge in [0.15, 0.2) is 11.6 Å². The second kappa shape index (κ2) is 5.67. The quantitative estimate of drug-likeness (QED) is 0.834. The summed E-state index contributed by atoms with van der Waals surface area (Å²) in [4.78, 5) is 0. The molecule has 0 amide bonds. The van der Waals surface area contributed by atoms with Gasteiger partial charge in [0.1, 0.15) is 5.75 Å². The van der Waals surface area contributed by atoms with Gasteiger partial charge in [0.25, 0.3) is 0 Å². The van der Waals surface area contributed by atoms with Gasteiger partial charge in [-0.15, -0.1) is 0 Å². The summed E-state index contributed by atoms with van der Waals surface area (Å²) < 4.78 is 20.5. The predicted octanol–water partition coefficient (Wildman–Crippen LogP) is 4.24. The molecule has 4 heteroatoms. The Balaban J connectivity index is 2.39. The number of para-hydroxylation sites is 1. The van der Waals surface area contributed by atoms with E-state index in [1.54, 1.807) is 25.1 Å². The molecule has 0 unspecified atom stereocenters. The van der Waals surface area contributed by atoms with Crippen molar-refractivity contribution in [3.8, 4) is 11.5 Å². The van der Waals surface area contributed by atoms with E-state index in [1.165, 1.54) is 6.07 Å². The van der Waals surface area contributed by atoms with E-state index in [-0.39, 0.29) is 11.8 Å². The monoisotopic (exact) mass is 357 g/mol. The molecule has 0 fully saturated rings. The third kappa shape index (κ3) is 3.00. The van der Waals surface area contributed by atoms with Crippen molar-refractivity contribution in [3.05, 3.63) is 57.4 Å². The van der Waals surface area contributed by atoms with Gasteiger partial charge in [-0.05, 0) is 53.8 Å². The molecule has 0 heterocycles. The van der Waals surface area contributed by atoms with Gasteiger partial charge >= 0.3 is 0 Å². The van der Waals surface area contributed by atoms with Gasteiger partial charge in [-0.3, -0.25) is 0 Å². The summed E-state index contributed by atoms with van der Waals surface area (Å²) in [5.74, 6) is 0.409. The second-order valence-electron chi connectivity index (χ2n) is 4.01. The maximum atomic E-state index is 13.8. The normalized spacial score (nSPS) is 12.2. The van der Waals surface area contributed by atoms with Crippen LogP contribution in [0.25, 0.3) is 0 Å². The average Bonchev–Trinajstić information content (AvgIpc) is 2.31. The summed E-state index contributed by atoms with van der Waals surface area (Å²) in [5, 5.41) is 0. The molecule has 0 spiro atoms. The fourth-order valence-electron chi connectivity index (χ4n) is 1.64. The molecule has 0 bridgehead atoms. The van der Waals surface area contributed by atoms with E-state index in [0.717, 1.165) is 3.57 Å². The van der Waals surface area contributed by atoms with E-state index in [4.69, 9.17) is 10.5 Å². The maximum Gasteiger partial charge on any atom is 0.167 e. The minimum atomic E-state index is -0.399. The van der Waals surface area contributed by atoms with Crippen molar-refractivity contribution in [2.24, 2.45) is 5.73 Å². The van der Waals surface area contributed by atoms with Crippen molar-refractivity contribution in [3.63, 3.8) is 0 Å². The smallest absolute Gasteiger partial charge is 0.167 e. The Hall–Kier alpha value is -1.14. The van der Waals surface area contributed by atoms with Crippen molar-refractivity contribution in [2.45, 2.75) is 13.0 Å². The average molecular weight is 357 g/mol. The van der Waals surface area contributed by atoms with Crippen LogP contribution in [0.2, 0.25) is 0 Å². The van der Waals surface area contributed by atoms with Crippen molar-refractivity contribution < 1.29 is 9.13 Å². The molecule has 0 saturated heterocycles. The summed E-state index contributed by atoms with van der Waals surface area (Å²) in [6.07, 6.45) is 0. The lowest BCUT2D eigenvalue weighted by atomic mass is 10.1. The Kier molecular flexibility index (Phi) is 4.19. The Labute approximate surface area is 119 Å². The van der Waals surface area contributed by atoms with E-state index >= 15 is 0 Å². The zero-order chi connectivity index (χ0) is 13.1. The highest BCUT2D eigenvalue weighted by atomic mass is 127. The minimum Gasteiger partial charge on any atom is -0.454 e. The maximum absolute atomic E-state index is 13.8. The standard InChI is InChI=1S/C14H13FINO/c1-9(17)12-6-3-7-13(15)14(12)18-11-5-2-4-10(16)8-11/h2-9H,17H2,1H3/t9-/m0/s1. The molecule has 0 aromatic heterocycles. The largest absolute Gasteiger partial charge is 0.454 e. The number of hydrogen-bond donors (Lipinski definition) is 1. The van der Waals surface area contributed by atoms with Crippen molar-refractivity contribution in [1.29, 1.82) is 0 Å². The molecule has 2 aromatic rings. The van der Waals surface area contributed by atoms with Crippen LogP contribution >= 0.6 is 22.6 Å². The molecule has 18 heavy (non-hydrogen) atoms. The first kappa shape index (κ1) is 13.3. The molecule has 2 nitrogen and oxygen atoms in total. The van der Waals surface area contributed by atoms with Crippen molar-refractivity contribution in [1.82, 2.24) is 0 Å². The number of hydrogen-bond acceptors (Lipinski definition) is 2. The molecule has 0 aliphatic carbocycles. The zero-order valence-corrected chi connectivity index (χ0v) is 12.0. The van der Waals surface area contributed by atoms with Crippen LogP contribution < -0.4 is 10.5 Å². The first-order chi connectivity index (χ1) is 8.58. The number of rotatable bonds is 3. The van der Waals surface area contributed by atoms with Crippen LogP contribution in [-0.2, 0) is 0 Å².